The Balaban J connectivity index is 1.35. The van der Waals surface area contributed by atoms with Crippen molar-refractivity contribution in [1.82, 2.24) is 10.2 Å². The zero-order valence-corrected chi connectivity index (χ0v) is 25.0. The largest absolute Gasteiger partial charge is 0.497 e. The average Bonchev–Trinajstić information content (AvgIpc) is 3.62. The van der Waals surface area contributed by atoms with Crippen LogP contribution in [0, 0.1) is 25.2 Å². The Morgan fingerprint density at radius 3 is 2.29 bits per heavy atom. The first-order valence-electron chi connectivity index (χ1n) is 12.8. The zero-order chi connectivity index (χ0) is 29.6. The van der Waals surface area contributed by atoms with E-state index >= 15 is 0 Å². The third kappa shape index (κ3) is 6.25. The standard InChI is InChI=1S/C31H27N5O4S2/c1-18-6-5-7-25(19(18)2)33-30-35-36-31(42-30)41-17-26(37)34-29-24(16-32)27(20-8-12-22(38-3)13-9-20)28(40-29)21-10-14-23(39-4)15-11-21/h5-15H,17H2,1-4H3,(H,33,35)(H,34,37). The highest BCUT2D eigenvalue weighted by Crippen LogP contribution is 2.42. The third-order valence-electron chi connectivity index (χ3n) is 6.58. The lowest BCUT2D eigenvalue weighted by Gasteiger charge is -2.08. The van der Waals surface area contributed by atoms with Crippen LogP contribution < -0.4 is 20.1 Å². The van der Waals surface area contributed by atoms with Gasteiger partial charge in [-0.3, -0.25) is 10.1 Å². The van der Waals surface area contributed by atoms with Crippen molar-refractivity contribution in [3.63, 3.8) is 0 Å². The molecular weight excluding hydrogens is 571 g/mol. The van der Waals surface area contributed by atoms with Gasteiger partial charge in [-0.05, 0) is 73.0 Å². The van der Waals surface area contributed by atoms with Crippen LogP contribution in [0.5, 0.6) is 11.5 Å². The SMILES string of the molecule is COc1ccc(-c2oc(NC(=O)CSc3nnc(Nc4cccc(C)c4C)s3)c(C#N)c2-c2ccc(OC)cc2)cc1. The van der Waals surface area contributed by atoms with E-state index in [1.807, 2.05) is 67.6 Å². The first-order valence-corrected chi connectivity index (χ1v) is 14.7. The van der Waals surface area contributed by atoms with Gasteiger partial charge >= 0.3 is 0 Å². The molecule has 2 aromatic heterocycles. The van der Waals surface area contributed by atoms with Crippen molar-refractivity contribution in [1.29, 1.82) is 5.26 Å². The van der Waals surface area contributed by atoms with Crippen molar-refractivity contribution < 1.29 is 18.7 Å². The minimum absolute atomic E-state index is 0.0550. The summed E-state index contributed by atoms with van der Waals surface area (Å²) in [6, 6.07) is 22.8. The van der Waals surface area contributed by atoms with Crippen LogP contribution in [0.25, 0.3) is 22.5 Å². The van der Waals surface area contributed by atoms with E-state index in [0.717, 1.165) is 22.4 Å². The Morgan fingerprint density at radius 1 is 0.976 bits per heavy atom. The number of rotatable bonds is 10. The Labute approximate surface area is 251 Å². The molecular formula is C31H27N5O4S2. The second-order valence-electron chi connectivity index (χ2n) is 9.16. The van der Waals surface area contributed by atoms with Crippen LogP contribution in [0.1, 0.15) is 16.7 Å². The zero-order valence-electron chi connectivity index (χ0n) is 23.3. The molecule has 0 bridgehead atoms. The van der Waals surface area contributed by atoms with Crippen molar-refractivity contribution in [2.24, 2.45) is 0 Å². The molecule has 9 nitrogen and oxygen atoms in total. The molecule has 3 aromatic carbocycles. The molecule has 0 fully saturated rings. The van der Waals surface area contributed by atoms with E-state index in [-0.39, 0.29) is 23.1 Å². The summed E-state index contributed by atoms with van der Waals surface area (Å²) in [5, 5.41) is 25.3. The van der Waals surface area contributed by atoms with Crippen molar-refractivity contribution >= 4 is 45.7 Å². The minimum Gasteiger partial charge on any atom is -0.497 e. The van der Waals surface area contributed by atoms with Crippen LogP contribution >= 0.6 is 23.1 Å². The molecule has 0 atom stereocenters. The summed E-state index contributed by atoms with van der Waals surface area (Å²) in [6.45, 7) is 4.10. The highest BCUT2D eigenvalue weighted by molar-refractivity contribution is 8.01. The highest BCUT2D eigenvalue weighted by Gasteiger charge is 2.25. The molecule has 0 unspecified atom stereocenters. The fraction of sp³-hybridized carbons (Fsp3) is 0.161. The quantitative estimate of drug-likeness (QED) is 0.158. The lowest BCUT2D eigenvalue weighted by atomic mass is 9.98. The maximum atomic E-state index is 13.0. The molecule has 0 aliphatic carbocycles. The Hall–Kier alpha value is -4.79. The molecule has 0 spiro atoms. The smallest absolute Gasteiger partial charge is 0.237 e. The maximum absolute atomic E-state index is 13.0. The summed E-state index contributed by atoms with van der Waals surface area (Å²) in [5.74, 6) is 1.61. The lowest BCUT2D eigenvalue weighted by molar-refractivity contribution is -0.113. The predicted molar refractivity (Wildman–Crippen MR) is 166 cm³/mol. The van der Waals surface area contributed by atoms with Crippen molar-refractivity contribution in [3.8, 4) is 40.0 Å². The highest BCUT2D eigenvalue weighted by atomic mass is 32.2. The van der Waals surface area contributed by atoms with Crippen molar-refractivity contribution in [3.05, 3.63) is 83.4 Å². The molecule has 5 aromatic rings. The number of amides is 1. The van der Waals surface area contributed by atoms with Crippen LogP contribution in [-0.4, -0.2) is 36.1 Å². The van der Waals surface area contributed by atoms with E-state index in [0.29, 0.717) is 32.3 Å². The van der Waals surface area contributed by atoms with Gasteiger partial charge in [-0.2, -0.15) is 5.26 Å². The summed E-state index contributed by atoms with van der Waals surface area (Å²) in [5.41, 5.74) is 5.54. The van der Waals surface area contributed by atoms with Crippen LogP contribution in [0.4, 0.5) is 16.7 Å². The third-order valence-corrected chi connectivity index (χ3v) is 8.56. The molecule has 0 saturated carbocycles. The van der Waals surface area contributed by atoms with Crippen LogP contribution in [-0.2, 0) is 4.79 Å². The van der Waals surface area contributed by atoms with Crippen LogP contribution in [0.2, 0.25) is 0 Å². The average molecular weight is 598 g/mol. The molecule has 0 aliphatic heterocycles. The van der Waals surface area contributed by atoms with Gasteiger partial charge in [0, 0.05) is 16.8 Å². The van der Waals surface area contributed by atoms with Crippen molar-refractivity contribution in [2.75, 3.05) is 30.6 Å². The van der Waals surface area contributed by atoms with Gasteiger partial charge in [0.1, 0.15) is 28.9 Å². The number of benzene rings is 3. The first-order chi connectivity index (χ1) is 20.4. The van der Waals surface area contributed by atoms with Gasteiger partial charge in [0.2, 0.25) is 16.9 Å². The lowest BCUT2D eigenvalue weighted by Crippen LogP contribution is -2.14. The van der Waals surface area contributed by atoms with E-state index in [4.69, 9.17) is 13.9 Å². The monoisotopic (exact) mass is 597 g/mol. The number of thioether (sulfide) groups is 1. The Bertz CT molecular complexity index is 1760. The van der Waals surface area contributed by atoms with Gasteiger partial charge in [-0.25, -0.2) is 0 Å². The van der Waals surface area contributed by atoms with Gasteiger partial charge in [0.05, 0.1) is 20.0 Å². The molecule has 212 valence electrons. The number of hydrogen-bond acceptors (Lipinski definition) is 10. The number of aryl methyl sites for hydroxylation is 1. The topological polar surface area (TPSA) is 122 Å². The molecule has 5 rings (SSSR count). The Kier molecular flexibility index (Phi) is 8.76. The number of nitrogens with zero attached hydrogens (tertiary/aromatic N) is 3. The summed E-state index contributed by atoms with van der Waals surface area (Å²) < 4.78 is 17.4. The summed E-state index contributed by atoms with van der Waals surface area (Å²) >= 11 is 2.61. The van der Waals surface area contributed by atoms with Crippen LogP contribution in [0.15, 0.2) is 75.5 Å². The molecule has 0 saturated heterocycles. The van der Waals surface area contributed by atoms with Gasteiger partial charge in [-0.1, -0.05) is 47.4 Å². The van der Waals surface area contributed by atoms with Gasteiger partial charge in [0.15, 0.2) is 4.34 Å². The van der Waals surface area contributed by atoms with Gasteiger partial charge in [-0.15, -0.1) is 10.2 Å². The first kappa shape index (κ1) is 28.7. The number of nitriles is 1. The van der Waals surface area contributed by atoms with E-state index in [9.17, 15) is 10.1 Å². The number of anilines is 3. The predicted octanol–water partition coefficient (Wildman–Crippen LogP) is 7.45. The molecule has 0 aliphatic rings. The van der Waals surface area contributed by atoms with Crippen molar-refractivity contribution in [2.45, 2.75) is 18.2 Å². The molecule has 0 radical (unpaired) electrons. The summed E-state index contributed by atoms with van der Waals surface area (Å²) in [4.78, 5) is 13.0. The minimum atomic E-state index is -0.341. The molecule has 2 N–H and O–H groups in total. The number of carbonyl (C=O) groups is 1. The molecule has 11 heteroatoms. The second-order valence-corrected chi connectivity index (χ2v) is 11.4. The number of aromatic nitrogens is 2. The second kappa shape index (κ2) is 12.8. The van der Waals surface area contributed by atoms with Gasteiger partial charge in [0.25, 0.3) is 0 Å². The maximum Gasteiger partial charge on any atom is 0.237 e. The van der Waals surface area contributed by atoms with E-state index in [1.165, 1.54) is 28.7 Å². The number of nitrogens with one attached hydrogen (secondary N) is 2. The number of methoxy groups -OCH3 is 2. The van der Waals surface area contributed by atoms with E-state index in [2.05, 4.69) is 39.9 Å². The fourth-order valence-electron chi connectivity index (χ4n) is 4.21. The summed E-state index contributed by atoms with van der Waals surface area (Å²) in [6.07, 6.45) is 0. The number of hydrogen-bond donors (Lipinski definition) is 2. The molecule has 2 heterocycles. The van der Waals surface area contributed by atoms with Crippen LogP contribution in [0.3, 0.4) is 0 Å². The normalized spacial score (nSPS) is 10.6. The van der Waals surface area contributed by atoms with E-state index in [1.54, 1.807) is 14.2 Å². The fourth-order valence-corrected chi connectivity index (χ4v) is 5.78. The molecule has 42 heavy (non-hydrogen) atoms. The number of furan rings is 1. The molecule has 1 amide bonds. The number of ether oxygens (including phenoxy) is 2. The number of carbonyl (C=O) groups excluding carboxylic acids is 1. The summed E-state index contributed by atoms with van der Waals surface area (Å²) in [7, 11) is 3.18. The van der Waals surface area contributed by atoms with E-state index < -0.39 is 0 Å². The van der Waals surface area contributed by atoms with Gasteiger partial charge < -0.3 is 19.2 Å². The Morgan fingerprint density at radius 2 is 1.64 bits per heavy atom.